The van der Waals surface area contributed by atoms with Crippen molar-refractivity contribution < 1.29 is 29.2 Å². The first-order chi connectivity index (χ1) is 20.7. The van der Waals surface area contributed by atoms with Crippen molar-refractivity contribution in [1.29, 1.82) is 0 Å². The lowest BCUT2D eigenvalue weighted by Crippen LogP contribution is -2.30. The van der Waals surface area contributed by atoms with Gasteiger partial charge in [0.2, 0.25) is 5.91 Å². The van der Waals surface area contributed by atoms with Crippen LogP contribution in [0.3, 0.4) is 0 Å². The number of nitrogens with one attached hydrogen (secondary N) is 3. The summed E-state index contributed by atoms with van der Waals surface area (Å²) in [5, 5.41) is 28.1. The van der Waals surface area contributed by atoms with Crippen LogP contribution in [-0.2, 0) is 9.59 Å². The number of thioether (sulfide) groups is 1. The van der Waals surface area contributed by atoms with Gasteiger partial charge >= 0.3 is 5.97 Å². The van der Waals surface area contributed by atoms with Gasteiger partial charge in [0.15, 0.2) is 0 Å². The molecule has 0 aromatic heterocycles. The molecule has 0 heterocycles. The Morgan fingerprint density at radius 1 is 0.791 bits per heavy atom. The van der Waals surface area contributed by atoms with Crippen molar-refractivity contribution in [3.05, 3.63) is 136 Å². The summed E-state index contributed by atoms with van der Waals surface area (Å²) >= 11 is 1.20. The van der Waals surface area contributed by atoms with Gasteiger partial charge in [0, 0.05) is 34.0 Å². The smallest absolute Gasteiger partial charge is 0.335 e. The van der Waals surface area contributed by atoms with Gasteiger partial charge < -0.3 is 21.1 Å². The zero-order valence-corrected chi connectivity index (χ0v) is 23.2. The van der Waals surface area contributed by atoms with Gasteiger partial charge in [0.05, 0.1) is 16.2 Å². The van der Waals surface area contributed by atoms with Crippen LogP contribution in [0.5, 0.6) is 0 Å². The highest BCUT2D eigenvalue weighted by Crippen LogP contribution is 2.23. The van der Waals surface area contributed by atoms with Crippen LogP contribution >= 0.6 is 11.8 Å². The zero-order chi connectivity index (χ0) is 30.8. The summed E-state index contributed by atoms with van der Waals surface area (Å²) in [6.07, 6.45) is 1.40. The second kappa shape index (κ2) is 14.2. The Labute approximate surface area is 249 Å². The molecule has 0 saturated carbocycles. The Kier molecular flexibility index (Phi) is 10.0. The maximum atomic E-state index is 13.3. The Morgan fingerprint density at radius 2 is 1.44 bits per heavy atom. The summed E-state index contributed by atoms with van der Waals surface area (Å²) in [6.45, 7) is 0. The number of carboxylic acid groups (broad SMARTS) is 1. The van der Waals surface area contributed by atoms with Crippen molar-refractivity contribution in [1.82, 2.24) is 5.32 Å². The summed E-state index contributed by atoms with van der Waals surface area (Å²) in [5.74, 6) is -2.59. The fourth-order valence-electron chi connectivity index (χ4n) is 3.74. The number of amides is 3. The van der Waals surface area contributed by atoms with Crippen LogP contribution in [0.25, 0.3) is 6.08 Å². The molecular formula is C31H24N4O7S. The van der Waals surface area contributed by atoms with Crippen molar-refractivity contribution >= 4 is 58.6 Å². The average Bonchev–Trinajstić information content (AvgIpc) is 3.00. The first-order valence-electron chi connectivity index (χ1n) is 12.7. The van der Waals surface area contributed by atoms with E-state index in [1.54, 1.807) is 60.7 Å². The number of non-ortho nitro benzene ring substituents is 1. The average molecular weight is 597 g/mol. The standard InChI is InChI=1S/C31H24N4O7S/c36-28(32-23-9-4-8-22(17-23)31(39)40)19-43-26-11-5-10-24(18-26)33-30(38)27(34-29(37)21-6-2-1-3-7-21)16-20-12-14-25(15-13-20)35(41)42/h1-18H,19H2,(H,32,36)(H,33,38)(H,34,37)(H,39,40)/b27-16+. The van der Waals surface area contributed by atoms with Gasteiger partial charge in [-0.3, -0.25) is 24.5 Å². The Balaban J connectivity index is 1.46. The summed E-state index contributed by atoms with van der Waals surface area (Å²) in [6, 6.07) is 26.5. The van der Waals surface area contributed by atoms with Gasteiger partial charge in [-0.25, -0.2) is 4.79 Å². The molecule has 11 nitrogen and oxygen atoms in total. The summed E-state index contributed by atoms with van der Waals surface area (Å²) in [7, 11) is 0. The maximum Gasteiger partial charge on any atom is 0.335 e. The SMILES string of the molecule is O=C(CSc1cccc(NC(=O)/C(=C\c2ccc([N+](=O)[O-])cc2)NC(=O)c2ccccc2)c1)Nc1cccc(C(=O)O)c1. The molecule has 0 aliphatic rings. The van der Waals surface area contributed by atoms with Crippen LogP contribution in [0.1, 0.15) is 26.3 Å². The third-order valence-electron chi connectivity index (χ3n) is 5.80. The minimum absolute atomic E-state index is 0.0210. The summed E-state index contributed by atoms with van der Waals surface area (Å²) in [4.78, 5) is 60.9. The predicted octanol–water partition coefficient (Wildman–Crippen LogP) is 5.43. The number of anilines is 2. The lowest BCUT2D eigenvalue weighted by atomic mass is 10.1. The Morgan fingerprint density at radius 3 is 2.12 bits per heavy atom. The molecule has 0 aliphatic heterocycles. The van der Waals surface area contributed by atoms with E-state index in [-0.39, 0.29) is 28.6 Å². The molecule has 43 heavy (non-hydrogen) atoms. The molecule has 0 radical (unpaired) electrons. The fourth-order valence-corrected chi connectivity index (χ4v) is 4.49. The van der Waals surface area contributed by atoms with Crippen LogP contribution in [-0.4, -0.2) is 39.5 Å². The van der Waals surface area contributed by atoms with Gasteiger partial charge in [-0.15, -0.1) is 11.8 Å². The maximum absolute atomic E-state index is 13.3. The quantitative estimate of drug-likeness (QED) is 0.0769. The molecular weight excluding hydrogens is 572 g/mol. The van der Waals surface area contributed by atoms with E-state index in [1.165, 1.54) is 60.3 Å². The Hall–Kier alpha value is -5.75. The first kappa shape index (κ1) is 30.2. The minimum Gasteiger partial charge on any atom is -0.478 e. The molecule has 12 heteroatoms. The molecule has 0 atom stereocenters. The lowest BCUT2D eigenvalue weighted by Gasteiger charge is -2.12. The topological polar surface area (TPSA) is 168 Å². The van der Waals surface area contributed by atoms with E-state index in [4.69, 9.17) is 5.11 Å². The highest BCUT2D eigenvalue weighted by molar-refractivity contribution is 8.00. The first-order valence-corrected chi connectivity index (χ1v) is 13.7. The molecule has 4 aromatic rings. The van der Waals surface area contributed by atoms with Crippen molar-refractivity contribution in [2.24, 2.45) is 0 Å². The fraction of sp³-hybridized carbons (Fsp3) is 0.0323. The largest absolute Gasteiger partial charge is 0.478 e. The molecule has 0 aliphatic carbocycles. The van der Waals surface area contributed by atoms with Crippen molar-refractivity contribution in [2.45, 2.75) is 4.90 Å². The number of hydrogen-bond donors (Lipinski definition) is 4. The molecule has 0 bridgehead atoms. The third-order valence-corrected chi connectivity index (χ3v) is 6.79. The monoisotopic (exact) mass is 596 g/mol. The van der Waals surface area contributed by atoms with Gasteiger partial charge in [0.1, 0.15) is 5.70 Å². The van der Waals surface area contributed by atoms with Gasteiger partial charge in [-0.05, 0) is 72.3 Å². The Bertz CT molecular complexity index is 1710. The predicted molar refractivity (Wildman–Crippen MR) is 163 cm³/mol. The van der Waals surface area contributed by atoms with E-state index in [0.717, 1.165) is 0 Å². The van der Waals surface area contributed by atoms with E-state index < -0.39 is 22.7 Å². The number of carbonyl (C=O) groups excluding carboxylic acids is 3. The zero-order valence-electron chi connectivity index (χ0n) is 22.4. The number of carbonyl (C=O) groups is 4. The van der Waals surface area contributed by atoms with E-state index in [0.29, 0.717) is 27.4 Å². The number of hydrogen-bond acceptors (Lipinski definition) is 7. The second-order valence-electron chi connectivity index (χ2n) is 8.93. The molecule has 0 saturated heterocycles. The van der Waals surface area contributed by atoms with Crippen molar-refractivity contribution in [2.75, 3.05) is 16.4 Å². The molecule has 4 aromatic carbocycles. The van der Waals surface area contributed by atoms with Crippen molar-refractivity contribution in [3.8, 4) is 0 Å². The molecule has 0 unspecified atom stereocenters. The van der Waals surface area contributed by atoms with Crippen LogP contribution in [0.2, 0.25) is 0 Å². The van der Waals surface area contributed by atoms with E-state index in [9.17, 15) is 29.3 Å². The molecule has 3 amide bonds. The van der Waals surface area contributed by atoms with Crippen LogP contribution in [0, 0.1) is 10.1 Å². The number of nitro benzene ring substituents is 1. The van der Waals surface area contributed by atoms with Gasteiger partial charge in [0.25, 0.3) is 17.5 Å². The number of benzene rings is 4. The summed E-state index contributed by atoms with van der Waals surface area (Å²) < 4.78 is 0. The van der Waals surface area contributed by atoms with Gasteiger partial charge in [-0.1, -0.05) is 30.3 Å². The number of nitro groups is 1. The van der Waals surface area contributed by atoms with E-state index in [1.807, 2.05) is 0 Å². The molecule has 216 valence electrons. The van der Waals surface area contributed by atoms with Crippen LogP contribution < -0.4 is 16.0 Å². The lowest BCUT2D eigenvalue weighted by molar-refractivity contribution is -0.384. The van der Waals surface area contributed by atoms with Crippen LogP contribution in [0.15, 0.2) is 114 Å². The van der Waals surface area contributed by atoms with E-state index >= 15 is 0 Å². The van der Waals surface area contributed by atoms with Gasteiger partial charge in [-0.2, -0.15) is 0 Å². The number of aromatic carboxylic acids is 1. The normalized spacial score (nSPS) is 10.8. The molecule has 4 N–H and O–H groups in total. The number of carboxylic acids is 1. The number of rotatable bonds is 11. The summed E-state index contributed by atoms with van der Waals surface area (Å²) in [5.41, 5.74) is 1.38. The third kappa shape index (κ3) is 8.87. The van der Waals surface area contributed by atoms with Crippen LogP contribution in [0.4, 0.5) is 17.1 Å². The van der Waals surface area contributed by atoms with Crippen molar-refractivity contribution in [3.63, 3.8) is 0 Å². The minimum atomic E-state index is -1.10. The highest BCUT2D eigenvalue weighted by Gasteiger charge is 2.16. The second-order valence-corrected chi connectivity index (χ2v) is 9.98. The molecule has 4 rings (SSSR count). The highest BCUT2D eigenvalue weighted by atomic mass is 32.2. The number of nitrogens with zero attached hydrogens (tertiary/aromatic N) is 1. The van der Waals surface area contributed by atoms with E-state index in [2.05, 4.69) is 16.0 Å². The molecule has 0 fully saturated rings. The molecule has 0 spiro atoms.